The van der Waals surface area contributed by atoms with Crippen LogP contribution >= 0.6 is 0 Å². The predicted molar refractivity (Wildman–Crippen MR) is 61.4 cm³/mol. The molecular weight excluding hydrogens is 186 g/mol. The first-order valence-electron chi connectivity index (χ1n) is 5.27. The largest absolute Gasteiger partial charge is 0.388 e. The van der Waals surface area contributed by atoms with Crippen LogP contribution in [0.2, 0.25) is 0 Å². The van der Waals surface area contributed by atoms with Crippen molar-refractivity contribution in [3.8, 4) is 0 Å². The second-order valence-electron chi connectivity index (χ2n) is 3.97. The minimum Gasteiger partial charge on any atom is -0.388 e. The Kier molecular flexibility index (Phi) is 2.86. The lowest BCUT2D eigenvalue weighted by Crippen LogP contribution is -2.25. The van der Waals surface area contributed by atoms with Gasteiger partial charge in [-0.1, -0.05) is 29.8 Å². The summed E-state index contributed by atoms with van der Waals surface area (Å²) >= 11 is 0. The van der Waals surface area contributed by atoms with Gasteiger partial charge in [-0.25, -0.2) is 0 Å². The average Bonchev–Trinajstić information content (AvgIpc) is 2.22. The summed E-state index contributed by atoms with van der Waals surface area (Å²) in [4.78, 5) is 11.2. The number of aryl methyl sites for hydroxylation is 1. The number of Topliss-reactive ketones (excluding diaryl/α,β-unsaturated/α-hetero) is 1. The highest BCUT2D eigenvalue weighted by molar-refractivity contribution is 5.83. The molecule has 0 spiro atoms. The number of carbonyl (C=O) groups is 1. The molecule has 1 fully saturated rings. The van der Waals surface area contributed by atoms with Crippen LogP contribution in [0.25, 0.3) is 6.08 Å². The Balaban J connectivity index is 2.15. The SMILES string of the molecule is Cc1ccc(C=C2CC(=O)CCN2)cc1. The van der Waals surface area contributed by atoms with Crippen LogP contribution in [-0.4, -0.2) is 12.3 Å². The lowest BCUT2D eigenvalue weighted by molar-refractivity contribution is -0.119. The van der Waals surface area contributed by atoms with Crippen LogP contribution in [0.5, 0.6) is 0 Å². The lowest BCUT2D eigenvalue weighted by atomic mass is 10.1. The Labute approximate surface area is 90.0 Å². The minimum absolute atomic E-state index is 0.326. The first kappa shape index (κ1) is 9.97. The van der Waals surface area contributed by atoms with E-state index in [1.807, 2.05) is 0 Å². The van der Waals surface area contributed by atoms with Crippen molar-refractivity contribution in [3.05, 3.63) is 41.1 Å². The molecule has 1 aromatic rings. The van der Waals surface area contributed by atoms with E-state index in [0.717, 1.165) is 17.8 Å². The number of allylic oxidation sites excluding steroid dienone is 1. The topological polar surface area (TPSA) is 29.1 Å². The van der Waals surface area contributed by atoms with Gasteiger partial charge in [0.15, 0.2) is 0 Å². The molecule has 0 unspecified atom stereocenters. The van der Waals surface area contributed by atoms with Crippen molar-refractivity contribution in [2.75, 3.05) is 6.54 Å². The van der Waals surface area contributed by atoms with E-state index in [0.29, 0.717) is 18.6 Å². The van der Waals surface area contributed by atoms with Crippen molar-refractivity contribution >= 4 is 11.9 Å². The van der Waals surface area contributed by atoms with E-state index in [1.54, 1.807) is 0 Å². The molecule has 0 bridgehead atoms. The third-order valence-corrected chi connectivity index (χ3v) is 2.56. The van der Waals surface area contributed by atoms with Gasteiger partial charge in [-0.2, -0.15) is 0 Å². The van der Waals surface area contributed by atoms with Crippen molar-refractivity contribution in [2.24, 2.45) is 0 Å². The average molecular weight is 201 g/mol. The molecule has 1 aliphatic heterocycles. The molecule has 0 aliphatic carbocycles. The number of ketones is 1. The normalized spacial score (nSPS) is 19.0. The molecule has 2 heteroatoms. The van der Waals surface area contributed by atoms with Crippen molar-refractivity contribution in [3.63, 3.8) is 0 Å². The first-order valence-corrected chi connectivity index (χ1v) is 5.27. The van der Waals surface area contributed by atoms with E-state index in [4.69, 9.17) is 0 Å². The van der Waals surface area contributed by atoms with Crippen LogP contribution in [0.1, 0.15) is 24.0 Å². The molecule has 0 radical (unpaired) electrons. The molecule has 0 aromatic heterocycles. The highest BCUT2D eigenvalue weighted by Crippen LogP contribution is 2.12. The van der Waals surface area contributed by atoms with Gasteiger partial charge in [0.1, 0.15) is 5.78 Å². The molecule has 1 aromatic carbocycles. The maximum Gasteiger partial charge on any atom is 0.140 e. The zero-order valence-electron chi connectivity index (χ0n) is 8.92. The number of piperidine rings is 1. The summed E-state index contributed by atoms with van der Waals surface area (Å²) in [6.07, 6.45) is 3.26. The fourth-order valence-corrected chi connectivity index (χ4v) is 1.69. The molecule has 15 heavy (non-hydrogen) atoms. The van der Waals surface area contributed by atoms with Crippen molar-refractivity contribution < 1.29 is 4.79 Å². The molecule has 78 valence electrons. The van der Waals surface area contributed by atoms with Crippen LogP contribution in [0.3, 0.4) is 0 Å². The second-order valence-corrected chi connectivity index (χ2v) is 3.97. The van der Waals surface area contributed by atoms with E-state index in [1.165, 1.54) is 5.56 Å². The van der Waals surface area contributed by atoms with Crippen molar-refractivity contribution in [2.45, 2.75) is 19.8 Å². The Bertz CT molecular complexity index is 390. The summed E-state index contributed by atoms with van der Waals surface area (Å²) in [5.41, 5.74) is 3.44. The van der Waals surface area contributed by atoms with Gasteiger partial charge in [-0.15, -0.1) is 0 Å². The van der Waals surface area contributed by atoms with Gasteiger partial charge in [0.25, 0.3) is 0 Å². The Morgan fingerprint density at radius 1 is 1.27 bits per heavy atom. The van der Waals surface area contributed by atoms with Crippen LogP contribution in [0, 0.1) is 6.92 Å². The third kappa shape index (κ3) is 2.69. The number of carbonyl (C=O) groups excluding carboxylic acids is 1. The van der Waals surface area contributed by atoms with Crippen molar-refractivity contribution in [1.29, 1.82) is 0 Å². The lowest BCUT2D eigenvalue weighted by Gasteiger charge is -2.15. The van der Waals surface area contributed by atoms with Gasteiger partial charge < -0.3 is 5.32 Å². The quantitative estimate of drug-likeness (QED) is 0.755. The maximum atomic E-state index is 11.2. The van der Waals surface area contributed by atoms with Crippen LogP contribution in [0.15, 0.2) is 30.0 Å². The maximum absolute atomic E-state index is 11.2. The van der Waals surface area contributed by atoms with Gasteiger partial charge in [-0.3, -0.25) is 4.79 Å². The summed E-state index contributed by atoms with van der Waals surface area (Å²) in [5, 5.41) is 3.25. The summed E-state index contributed by atoms with van der Waals surface area (Å²) in [5.74, 6) is 0.326. The summed E-state index contributed by atoms with van der Waals surface area (Å²) < 4.78 is 0. The highest BCUT2D eigenvalue weighted by atomic mass is 16.1. The fourth-order valence-electron chi connectivity index (χ4n) is 1.69. The number of rotatable bonds is 1. The number of nitrogens with one attached hydrogen (secondary N) is 1. The molecule has 0 saturated carbocycles. The molecule has 2 rings (SSSR count). The van der Waals surface area contributed by atoms with Gasteiger partial charge in [0, 0.05) is 25.1 Å². The molecule has 1 heterocycles. The zero-order valence-corrected chi connectivity index (χ0v) is 8.92. The third-order valence-electron chi connectivity index (χ3n) is 2.56. The van der Waals surface area contributed by atoms with E-state index >= 15 is 0 Å². The fraction of sp³-hybridized carbons (Fsp3) is 0.308. The van der Waals surface area contributed by atoms with Crippen molar-refractivity contribution in [1.82, 2.24) is 5.32 Å². The number of hydrogen-bond acceptors (Lipinski definition) is 2. The second kappa shape index (κ2) is 4.30. The zero-order chi connectivity index (χ0) is 10.7. The van der Waals surface area contributed by atoms with E-state index in [2.05, 4.69) is 42.6 Å². The molecule has 1 saturated heterocycles. The number of hydrogen-bond donors (Lipinski definition) is 1. The van der Waals surface area contributed by atoms with E-state index in [-0.39, 0.29) is 0 Å². The molecule has 1 N–H and O–H groups in total. The molecular formula is C13H15NO. The standard InChI is InChI=1S/C13H15NO/c1-10-2-4-11(5-3-10)8-12-9-13(15)6-7-14-12/h2-5,8,14H,6-7,9H2,1H3. The minimum atomic E-state index is 0.326. The molecule has 2 nitrogen and oxygen atoms in total. The first-order chi connectivity index (χ1) is 7.24. The molecule has 0 atom stereocenters. The predicted octanol–water partition coefficient (Wildman–Crippen LogP) is 2.29. The number of benzene rings is 1. The van der Waals surface area contributed by atoms with E-state index < -0.39 is 0 Å². The Morgan fingerprint density at radius 3 is 2.67 bits per heavy atom. The Morgan fingerprint density at radius 2 is 2.00 bits per heavy atom. The summed E-state index contributed by atoms with van der Waals surface area (Å²) in [6.45, 7) is 2.84. The van der Waals surface area contributed by atoms with Crippen LogP contribution in [0.4, 0.5) is 0 Å². The smallest absolute Gasteiger partial charge is 0.140 e. The van der Waals surface area contributed by atoms with E-state index in [9.17, 15) is 4.79 Å². The Hall–Kier alpha value is -1.57. The van der Waals surface area contributed by atoms with Gasteiger partial charge >= 0.3 is 0 Å². The summed E-state index contributed by atoms with van der Waals surface area (Å²) in [6, 6.07) is 8.31. The van der Waals surface area contributed by atoms with Gasteiger partial charge in [0.05, 0.1) is 0 Å². The van der Waals surface area contributed by atoms with Gasteiger partial charge in [0.2, 0.25) is 0 Å². The molecule has 1 aliphatic rings. The monoisotopic (exact) mass is 201 g/mol. The van der Waals surface area contributed by atoms with Gasteiger partial charge in [-0.05, 0) is 18.6 Å². The van der Waals surface area contributed by atoms with Crippen LogP contribution < -0.4 is 5.32 Å². The van der Waals surface area contributed by atoms with Crippen LogP contribution in [-0.2, 0) is 4.79 Å². The summed E-state index contributed by atoms with van der Waals surface area (Å²) in [7, 11) is 0. The molecule has 0 amide bonds. The highest BCUT2D eigenvalue weighted by Gasteiger charge is 2.11.